The summed E-state index contributed by atoms with van der Waals surface area (Å²) in [6.07, 6.45) is 0. The van der Waals surface area contributed by atoms with Crippen LogP contribution in [0.15, 0.2) is 12.1 Å². The third kappa shape index (κ3) is 3.83. The van der Waals surface area contributed by atoms with Crippen LogP contribution in [0.5, 0.6) is 5.75 Å². The van der Waals surface area contributed by atoms with Crippen LogP contribution in [0, 0.1) is 20.8 Å². The zero-order valence-corrected chi connectivity index (χ0v) is 10.3. The molecule has 0 radical (unpaired) electrons. The van der Waals surface area contributed by atoms with E-state index in [4.69, 9.17) is 9.84 Å². The number of hydrogen-bond donors (Lipinski definition) is 2. The molecule has 0 spiro atoms. The summed E-state index contributed by atoms with van der Waals surface area (Å²) in [6, 6.07) is 4.22. The van der Waals surface area contributed by atoms with Crippen molar-refractivity contribution in [3.05, 3.63) is 28.8 Å². The van der Waals surface area contributed by atoms with Gasteiger partial charge in [-0.3, -0.25) is 0 Å². The highest BCUT2D eigenvalue weighted by atomic mass is 16.5. The van der Waals surface area contributed by atoms with Crippen LogP contribution in [0.25, 0.3) is 0 Å². The molecule has 0 saturated carbocycles. The van der Waals surface area contributed by atoms with Crippen LogP contribution in [0.1, 0.15) is 16.7 Å². The largest absolute Gasteiger partial charge is 0.492 e. The average Bonchev–Trinajstić information content (AvgIpc) is 2.25. The monoisotopic (exact) mass is 223 g/mol. The lowest BCUT2D eigenvalue weighted by molar-refractivity contribution is 0.275. The molecule has 0 fully saturated rings. The van der Waals surface area contributed by atoms with Crippen LogP contribution in [-0.4, -0.2) is 31.4 Å². The number of benzene rings is 1. The van der Waals surface area contributed by atoms with Gasteiger partial charge in [0.15, 0.2) is 0 Å². The van der Waals surface area contributed by atoms with E-state index in [9.17, 15) is 0 Å². The van der Waals surface area contributed by atoms with Crippen molar-refractivity contribution in [1.29, 1.82) is 0 Å². The zero-order valence-electron chi connectivity index (χ0n) is 10.3. The fraction of sp³-hybridized carbons (Fsp3) is 0.538. The van der Waals surface area contributed by atoms with Gasteiger partial charge in [0.2, 0.25) is 0 Å². The van der Waals surface area contributed by atoms with E-state index in [1.807, 2.05) is 0 Å². The molecule has 90 valence electrons. The Hall–Kier alpha value is -1.06. The van der Waals surface area contributed by atoms with Gasteiger partial charge in [-0.25, -0.2) is 0 Å². The van der Waals surface area contributed by atoms with Crippen LogP contribution < -0.4 is 10.1 Å². The summed E-state index contributed by atoms with van der Waals surface area (Å²) in [4.78, 5) is 0. The Balaban J connectivity index is 2.45. The van der Waals surface area contributed by atoms with Crippen molar-refractivity contribution in [1.82, 2.24) is 5.32 Å². The van der Waals surface area contributed by atoms with E-state index in [0.717, 1.165) is 12.3 Å². The van der Waals surface area contributed by atoms with Gasteiger partial charge in [-0.05, 0) is 43.5 Å². The summed E-state index contributed by atoms with van der Waals surface area (Å²) >= 11 is 0. The number of nitrogens with one attached hydrogen (secondary N) is 1. The predicted octanol–water partition coefficient (Wildman–Crippen LogP) is 1.57. The number of aliphatic hydroxyl groups is 1. The smallest absolute Gasteiger partial charge is 0.122 e. The first-order chi connectivity index (χ1) is 7.65. The lowest BCUT2D eigenvalue weighted by Gasteiger charge is -2.12. The summed E-state index contributed by atoms with van der Waals surface area (Å²) in [5.74, 6) is 0.953. The molecule has 0 aliphatic heterocycles. The minimum atomic E-state index is 0.169. The molecule has 0 aliphatic carbocycles. The van der Waals surface area contributed by atoms with Gasteiger partial charge in [-0.1, -0.05) is 6.07 Å². The minimum Gasteiger partial charge on any atom is -0.492 e. The van der Waals surface area contributed by atoms with E-state index in [0.29, 0.717) is 13.2 Å². The maximum Gasteiger partial charge on any atom is 0.122 e. The van der Waals surface area contributed by atoms with Crippen molar-refractivity contribution in [3.63, 3.8) is 0 Å². The standard InChI is InChI=1S/C13H21NO2/c1-10-8-12(3)13(9-11(10)2)16-7-5-14-4-6-15/h8-9,14-15H,4-7H2,1-3H3. The topological polar surface area (TPSA) is 41.5 Å². The molecule has 16 heavy (non-hydrogen) atoms. The Morgan fingerprint density at radius 3 is 2.44 bits per heavy atom. The molecule has 2 N–H and O–H groups in total. The van der Waals surface area contributed by atoms with Crippen LogP contribution in [0.2, 0.25) is 0 Å². The highest BCUT2D eigenvalue weighted by Gasteiger charge is 2.02. The van der Waals surface area contributed by atoms with Gasteiger partial charge in [0.1, 0.15) is 12.4 Å². The lowest BCUT2D eigenvalue weighted by atomic mass is 10.1. The molecular formula is C13H21NO2. The van der Waals surface area contributed by atoms with Gasteiger partial charge in [0.25, 0.3) is 0 Å². The molecule has 0 aliphatic rings. The molecule has 3 heteroatoms. The van der Waals surface area contributed by atoms with Gasteiger partial charge in [0, 0.05) is 13.1 Å². The van der Waals surface area contributed by atoms with Crippen LogP contribution >= 0.6 is 0 Å². The Kier molecular flexibility index (Phi) is 5.29. The molecule has 0 unspecified atom stereocenters. The second-order valence-electron chi connectivity index (χ2n) is 4.02. The maximum absolute atomic E-state index is 8.59. The molecule has 0 amide bonds. The van der Waals surface area contributed by atoms with Crippen molar-refractivity contribution in [2.45, 2.75) is 20.8 Å². The Labute approximate surface area is 97.4 Å². The summed E-state index contributed by atoms with van der Waals surface area (Å²) in [7, 11) is 0. The van der Waals surface area contributed by atoms with E-state index in [2.05, 4.69) is 38.2 Å². The van der Waals surface area contributed by atoms with Crippen LogP contribution in [0.4, 0.5) is 0 Å². The van der Waals surface area contributed by atoms with Gasteiger partial charge in [-0.2, -0.15) is 0 Å². The highest BCUT2D eigenvalue weighted by molar-refractivity contribution is 5.40. The number of ether oxygens (including phenoxy) is 1. The van der Waals surface area contributed by atoms with Crippen molar-refractivity contribution in [2.24, 2.45) is 0 Å². The molecule has 1 aromatic carbocycles. The van der Waals surface area contributed by atoms with Gasteiger partial charge >= 0.3 is 0 Å². The zero-order chi connectivity index (χ0) is 12.0. The fourth-order valence-corrected chi connectivity index (χ4v) is 1.53. The molecule has 0 bridgehead atoms. The molecule has 1 aromatic rings. The second kappa shape index (κ2) is 6.51. The molecular weight excluding hydrogens is 202 g/mol. The Morgan fingerprint density at radius 2 is 1.75 bits per heavy atom. The van der Waals surface area contributed by atoms with Crippen molar-refractivity contribution < 1.29 is 9.84 Å². The maximum atomic E-state index is 8.59. The number of rotatable bonds is 6. The fourth-order valence-electron chi connectivity index (χ4n) is 1.53. The SMILES string of the molecule is Cc1cc(C)c(OCCNCCO)cc1C. The Morgan fingerprint density at radius 1 is 1.06 bits per heavy atom. The third-order valence-electron chi connectivity index (χ3n) is 2.62. The second-order valence-corrected chi connectivity index (χ2v) is 4.02. The van der Waals surface area contributed by atoms with E-state index in [-0.39, 0.29) is 6.61 Å². The molecule has 0 atom stereocenters. The van der Waals surface area contributed by atoms with Gasteiger partial charge in [-0.15, -0.1) is 0 Å². The van der Waals surface area contributed by atoms with Crippen LogP contribution in [-0.2, 0) is 0 Å². The van der Waals surface area contributed by atoms with Gasteiger partial charge < -0.3 is 15.2 Å². The normalized spacial score (nSPS) is 10.5. The Bertz CT molecular complexity index is 337. The summed E-state index contributed by atoms with van der Waals surface area (Å²) in [6.45, 7) is 8.43. The number of hydrogen-bond acceptors (Lipinski definition) is 3. The van der Waals surface area contributed by atoms with Gasteiger partial charge in [0.05, 0.1) is 6.61 Å². The van der Waals surface area contributed by atoms with Crippen LogP contribution in [0.3, 0.4) is 0 Å². The van der Waals surface area contributed by atoms with E-state index < -0.39 is 0 Å². The third-order valence-corrected chi connectivity index (χ3v) is 2.62. The molecule has 1 rings (SSSR count). The molecule has 0 heterocycles. The lowest BCUT2D eigenvalue weighted by Crippen LogP contribution is -2.24. The first kappa shape index (κ1) is 13.0. The first-order valence-electron chi connectivity index (χ1n) is 5.67. The number of aliphatic hydroxyl groups excluding tert-OH is 1. The summed E-state index contributed by atoms with van der Waals surface area (Å²) in [5, 5.41) is 11.7. The first-order valence-corrected chi connectivity index (χ1v) is 5.67. The number of aryl methyl sites for hydroxylation is 3. The average molecular weight is 223 g/mol. The summed E-state index contributed by atoms with van der Waals surface area (Å²) < 4.78 is 5.68. The van der Waals surface area contributed by atoms with Crippen molar-refractivity contribution in [3.8, 4) is 5.75 Å². The summed E-state index contributed by atoms with van der Waals surface area (Å²) in [5.41, 5.74) is 3.72. The van der Waals surface area contributed by atoms with E-state index in [1.54, 1.807) is 0 Å². The highest BCUT2D eigenvalue weighted by Crippen LogP contribution is 2.21. The quantitative estimate of drug-likeness (QED) is 0.719. The van der Waals surface area contributed by atoms with Crippen molar-refractivity contribution >= 4 is 0 Å². The van der Waals surface area contributed by atoms with Crippen molar-refractivity contribution in [2.75, 3.05) is 26.3 Å². The minimum absolute atomic E-state index is 0.169. The molecule has 0 saturated heterocycles. The van der Waals surface area contributed by atoms with E-state index in [1.165, 1.54) is 16.7 Å². The predicted molar refractivity (Wildman–Crippen MR) is 66.1 cm³/mol. The molecule has 0 aromatic heterocycles. The van der Waals surface area contributed by atoms with E-state index >= 15 is 0 Å². The molecule has 3 nitrogen and oxygen atoms in total.